The number of hydrogen-bond acceptors (Lipinski definition) is 7. The molecule has 4 rings (SSSR count). The van der Waals surface area contributed by atoms with Crippen molar-refractivity contribution in [2.75, 3.05) is 18.6 Å². The lowest BCUT2D eigenvalue weighted by atomic mass is 10.0. The van der Waals surface area contributed by atoms with Crippen LogP contribution in [0.15, 0.2) is 71.7 Å². The standard InChI is InChI=1S/C29H24Cl2N4O7/c1-42-26-20(30)11-17(12-21(26)31)28(40)34-27-29(41)35(14-23(37)32-18(15-36)13-24(38)39)22-10-6-5-9-19(22)25(33-27)16-7-3-2-4-8-16/h2-12,15,18,27H,13-14H2,1H3,(H,32,37)(H,34,40)(H,38,39)/t18-,27?/m0/s1. The molecule has 0 fully saturated rings. The second-order valence-corrected chi connectivity index (χ2v) is 9.86. The number of carboxylic acid groups (broad SMARTS) is 1. The molecule has 3 aromatic rings. The van der Waals surface area contributed by atoms with Gasteiger partial charge in [-0.1, -0.05) is 71.7 Å². The third-order valence-electron chi connectivity index (χ3n) is 6.19. The Morgan fingerprint density at radius 3 is 2.33 bits per heavy atom. The largest absolute Gasteiger partial charge is 0.494 e. The van der Waals surface area contributed by atoms with Crippen molar-refractivity contribution in [3.63, 3.8) is 0 Å². The summed E-state index contributed by atoms with van der Waals surface area (Å²) in [6.07, 6.45) is -1.84. The van der Waals surface area contributed by atoms with Gasteiger partial charge in [-0.15, -0.1) is 0 Å². The van der Waals surface area contributed by atoms with Gasteiger partial charge in [-0.2, -0.15) is 0 Å². The molecule has 11 nitrogen and oxygen atoms in total. The number of ether oxygens (including phenoxy) is 1. The van der Waals surface area contributed by atoms with Crippen molar-refractivity contribution in [1.29, 1.82) is 0 Å². The minimum absolute atomic E-state index is 0.0311. The first-order valence-corrected chi connectivity index (χ1v) is 13.2. The van der Waals surface area contributed by atoms with Gasteiger partial charge in [0.25, 0.3) is 11.8 Å². The van der Waals surface area contributed by atoms with E-state index in [0.717, 1.165) is 4.90 Å². The van der Waals surface area contributed by atoms with E-state index in [4.69, 9.17) is 33.0 Å². The van der Waals surface area contributed by atoms with Crippen LogP contribution in [0.1, 0.15) is 27.9 Å². The molecule has 1 heterocycles. The van der Waals surface area contributed by atoms with E-state index in [1.165, 1.54) is 19.2 Å². The maximum atomic E-state index is 13.9. The molecule has 1 aliphatic rings. The number of carboxylic acids is 1. The van der Waals surface area contributed by atoms with Gasteiger partial charge >= 0.3 is 5.97 Å². The van der Waals surface area contributed by atoms with E-state index < -0.39 is 48.9 Å². The number of rotatable bonds is 10. The monoisotopic (exact) mass is 610 g/mol. The molecule has 0 saturated carbocycles. The van der Waals surface area contributed by atoms with Crippen molar-refractivity contribution in [1.82, 2.24) is 10.6 Å². The molecule has 13 heteroatoms. The molecular formula is C29H24Cl2N4O7. The van der Waals surface area contributed by atoms with Gasteiger partial charge in [-0.25, -0.2) is 4.99 Å². The quantitative estimate of drug-likeness (QED) is 0.298. The molecule has 0 bridgehead atoms. The second kappa shape index (κ2) is 13.3. The van der Waals surface area contributed by atoms with Crippen LogP contribution in [-0.2, 0) is 19.2 Å². The summed E-state index contributed by atoms with van der Waals surface area (Å²) in [7, 11) is 1.37. The zero-order valence-electron chi connectivity index (χ0n) is 22.0. The molecule has 216 valence electrons. The summed E-state index contributed by atoms with van der Waals surface area (Å²) in [5, 5.41) is 14.1. The number of nitrogens with zero attached hydrogens (tertiary/aromatic N) is 2. The lowest BCUT2D eigenvalue weighted by Gasteiger charge is -2.25. The molecule has 3 N–H and O–H groups in total. The normalized spacial score (nSPS) is 15.0. The lowest BCUT2D eigenvalue weighted by Crippen LogP contribution is -2.51. The number of aliphatic carboxylic acids is 1. The second-order valence-electron chi connectivity index (χ2n) is 9.04. The van der Waals surface area contributed by atoms with E-state index in [0.29, 0.717) is 28.8 Å². The summed E-state index contributed by atoms with van der Waals surface area (Å²) in [5.41, 5.74) is 1.85. The van der Waals surface area contributed by atoms with Crippen LogP contribution in [-0.4, -0.2) is 66.7 Å². The first-order chi connectivity index (χ1) is 20.1. The van der Waals surface area contributed by atoms with Crippen LogP contribution in [0.25, 0.3) is 0 Å². The van der Waals surface area contributed by atoms with Gasteiger partial charge in [-0.05, 0) is 18.2 Å². The van der Waals surface area contributed by atoms with E-state index in [2.05, 4.69) is 15.6 Å². The molecular weight excluding hydrogens is 587 g/mol. The van der Waals surface area contributed by atoms with Crippen molar-refractivity contribution in [2.24, 2.45) is 4.99 Å². The molecule has 42 heavy (non-hydrogen) atoms. The van der Waals surface area contributed by atoms with Gasteiger partial charge < -0.3 is 25.3 Å². The highest BCUT2D eigenvalue weighted by Gasteiger charge is 2.35. The number of halogens is 2. The van der Waals surface area contributed by atoms with E-state index in [-0.39, 0.29) is 21.4 Å². The Morgan fingerprint density at radius 1 is 1.07 bits per heavy atom. The molecule has 3 aromatic carbocycles. The van der Waals surface area contributed by atoms with Crippen LogP contribution in [0.4, 0.5) is 5.69 Å². The van der Waals surface area contributed by atoms with E-state index in [1.807, 2.05) is 6.07 Å². The molecule has 0 spiro atoms. The summed E-state index contributed by atoms with van der Waals surface area (Å²) in [6, 6.07) is 17.0. The van der Waals surface area contributed by atoms with Gasteiger partial charge in [-0.3, -0.25) is 24.1 Å². The Bertz CT molecular complexity index is 1560. The number of methoxy groups -OCH3 is 1. The Kier molecular flexibility index (Phi) is 9.56. The number of para-hydroxylation sites is 1. The smallest absolute Gasteiger partial charge is 0.305 e. The van der Waals surface area contributed by atoms with Gasteiger partial charge in [0.05, 0.1) is 41.0 Å². The van der Waals surface area contributed by atoms with Crippen LogP contribution in [0.2, 0.25) is 10.0 Å². The number of amides is 3. The Balaban J connectivity index is 1.75. The summed E-state index contributed by atoms with van der Waals surface area (Å²) in [6.45, 7) is -0.593. The number of aldehydes is 1. The zero-order valence-corrected chi connectivity index (χ0v) is 23.6. The van der Waals surface area contributed by atoms with Crippen LogP contribution in [0, 0.1) is 0 Å². The van der Waals surface area contributed by atoms with Gasteiger partial charge in [0, 0.05) is 16.7 Å². The molecule has 1 unspecified atom stereocenters. The molecule has 2 atom stereocenters. The van der Waals surface area contributed by atoms with Gasteiger partial charge in [0.2, 0.25) is 12.1 Å². The van der Waals surface area contributed by atoms with Crippen LogP contribution in [0.5, 0.6) is 5.75 Å². The van der Waals surface area contributed by atoms with Crippen LogP contribution >= 0.6 is 23.2 Å². The number of anilines is 1. The fraction of sp³-hybridized carbons (Fsp3) is 0.172. The molecule has 0 radical (unpaired) electrons. The molecule has 0 saturated heterocycles. The SMILES string of the molecule is COc1c(Cl)cc(C(=O)NC2N=C(c3ccccc3)c3ccccc3N(CC(=O)N[C@H](C=O)CC(=O)O)C2=O)cc1Cl. The minimum Gasteiger partial charge on any atom is -0.494 e. The number of fused-ring (bicyclic) bond motifs is 1. The maximum absolute atomic E-state index is 13.9. The molecule has 0 aliphatic carbocycles. The number of nitrogens with one attached hydrogen (secondary N) is 2. The number of carbonyl (C=O) groups is 5. The molecule has 1 aliphatic heterocycles. The zero-order chi connectivity index (χ0) is 30.4. The summed E-state index contributed by atoms with van der Waals surface area (Å²) >= 11 is 12.4. The maximum Gasteiger partial charge on any atom is 0.305 e. The minimum atomic E-state index is -1.51. The predicted octanol–water partition coefficient (Wildman–Crippen LogP) is 3.10. The third kappa shape index (κ3) is 6.76. The van der Waals surface area contributed by atoms with E-state index >= 15 is 0 Å². The van der Waals surface area contributed by atoms with Crippen molar-refractivity contribution in [3.8, 4) is 5.75 Å². The first-order valence-electron chi connectivity index (χ1n) is 12.5. The van der Waals surface area contributed by atoms with Gasteiger partial charge in [0.1, 0.15) is 12.8 Å². The van der Waals surface area contributed by atoms with Crippen molar-refractivity contribution in [2.45, 2.75) is 18.6 Å². The Morgan fingerprint density at radius 2 is 1.71 bits per heavy atom. The number of aliphatic imine (C=N–C) groups is 1. The lowest BCUT2D eigenvalue weighted by molar-refractivity contribution is -0.138. The Labute approximate surface area is 250 Å². The summed E-state index contributed by atoms with van der Waals surface area (Å²) < 4.78 is 5.13. The number of hydrogen-bond donors (Lipinski definition) is 3. The average molecular weight is 611 g/mol. The van der Waals surface area contributed by atoms with E-state index in [9.17, 15) is 24.0 Å². The van der Waals surface area contributed by atoms with Crippen LogP contribution in [0.3, 0.4) is 0 Å². The summed E-state index contributed by atoms with van der Waals surface area (Å²) in [4.78, 5) is 68.3. The topological polar surface area (TPSA) is 154 Å². The van der Waals surface area contributed by atoms with E-state index in [1.54, 1.807) is 48.5 Å². The Hall–Kier alpha value is -4.74. The van der Waals surface area contributed by atoms with Crippen molar-refractivity contribution >= 4 is 64.6 Å². The fourth-order valence-electron chi connectivity index (χ4n) is 4.32. The average Bonchev–Trinajstić information content (AvgIpc) is 3.07. The number of carbonyl (C=O) groups excluding carboxylic acids is 4. The summed E-state index contributed by atoms with van der Waals surface area (Å²) in [5.74, 6) is -3.39. The van der Waals surface area contributed by atoms with Crippen molar-refractivity contribution < 1.29 is 33.8 Å². The highest BCUT2D eigenvalue weighted by Crippen LogP contribution is 2.34. The van der Waals surface area contributed by atoms with Crippen molar-refractivity contribution in [3.05, 3.63) is 93.5 Å². The fourth-order valence-corrected chi connectivity index (χ4v) is 4.96. The third-order valence-corrected chi connectivity index (χ3v) is 6.76. The molecule has 3 amide bonds. The number of benzene rings is 3. The predicted molar refractivity (Wildman–Crippen MR) is 155 cm³/mol. The van der Waals surface area contributed by atoms with Crippen LogP contribution < -0.4 is 20.3 Å². The molecule has 0 aromatic heterocycles. The highest BCUT2D eigenvalue weighted by atomic mass is 35.5. The first kappa shape index (κ1) is 30.2. The van der Waals surface area contributed by atoms with Gasteiger partial charge in [0.15, 0.2) is 5.75 Å². The highest BCUT2D eigenvalue weighted by molar-refractivity contribution is 6.37. The number of benzodiazepines with no additional fused rings is 1.